The molecule has 0 unspecified atom stereocenters. The van der Waals surface area contributed by atoms with E-state index in [9.17, 15) is 32.3 Å². The largest absolute Gasteiger partial charge is 0.494 e. The van der Waals surface area contributed by atoms with Gasteiger partial charge in [0.1, 0.15) is 28.5 Å². The smallest absolute Gasteiger partial charge is 0.424 e. The van der Waals surface area contributed by atoms with Crippen LogP contribution in [0.25, 0.3) is 22.2 Å². The van der Waals surface area contributed by atoms with Gasteiger partial charge in [0.05, 0.1) is 38.4 Å². The van der Waals surface area contributed by atoms with Gasteiger partial charge in [0.25, 0.3) is 5.91 Å². The van der Waals surface area contributed by atoms with Crippen LogP contribution in [-0.4, -0.2) is 63.7 Å². The van der Waals surface area contributed by atoms with E-state index in [2.05, 4.69) is 20.7 Å². The number of pyridine rings is 1. The third-order valence-corrected chi connectivity index (χ3v) is 8.64. The van der Waals surface area contributed by atoms with Crippen molar-refractivity contribution < 1.29 is 41.7 Å². The summed E-state index contributed by atoms with van der Waals surface area (Å²) < 4.78 is 71.5. The molecule has 10 nitrogen and oxygen atoms in total. The second-order valence-electron chi connectivity index (χ2n) is 12.6. The van der Waals surface area contributed by atoms with Crippen molar-refractivity contribution in [3.05, 3.63) is 71.3 Å². The predicted octanol–water partition coefficient (Wildman–Crippen LogP) is 5.37. The summed E-state index contributed by atoms with van der Waals surface area (Å²) in [5.74, 6) is -1.67. The van der Waals surface area contributed by atoms with Gasteiger partial charge in [-0.1, -0.05) is 0 Å². The minimum atomic E-state index is -5.34. The van der Waals surface area contributed by atoms with Crippen molar-refractivity contribution in [1.82, 2.24) is 25.4 Å². The Bertz CT molecular complexity index is 1870. The van der Waals surface area contributed by atoms with Crippen LogP contribution < -0.4 is 20.1 Å². The van der Waals surface area contributed by atoms with Crippen LogP contribution in [0.1, 0.15) is 67.2 Å². The molecule has 0 radical (unpaired) electrons. The lowest BCUT2D eigenvalue weighted by atomic mass is 9.93. The van der Waals surface area contributed by atoms with Gasteiger partial charge in [-0.25, -0.2) is 9.37 Å². The zero-order valence-electron chi connectivity index (χ0n) is 26.6. The molecule has 3 N–H and O–H groups in total. The minimum Gasteiger partial charge on any atom is -0.494 e. The molecule has 2 amide bonds. The number of hydrogen-bond acceptors (Lipinski definition) is 7. The molecule has 6 rings (SSSR count). The standard InChI is InChI=1S/C34H35F4N5O5/c1-4-48-30-20(16-27(44)41-32(2)11-12-32)15-26(40-29(30)19-5-7-23(35)8-6-19)33(46,34(36,37)38)18-39-31(45)21-13-22-17-43(24-9-10-24)42-28(22)25(14-21)47-3/h5-8,13-15,17,24,46H,4,9-12,16,18H2,1-3H3,(H,39,45)(H,41,44)/t33-/m0/s1. The van der Waals surface area contributed by atoms with Crippen molar-refractivity contribution in [2.24, 2.45) is 0 Å². The first-order valence-electron chi connectivity index (χ1n) is 15.6. The van der Waals surface area contributed by atoms with Crippen molar-refractivity contribution in [2.45, 2.75) is 69.3 Å². The van der Waals surface area contributed by atoms with Crippen LogP contribution in [-0.2, 0) is 16.8 Å². The highest BCUT2D eigenvalue weighted by atomic mass is 19.4. The van der Waals surface area contributed by atoms with Crippen LogP contribution in [0, 0.1) is 5.82 Å². The molecule has 2 saturated carbocycles. The number of amides is 2. The summed E-state index contributed by atoms with van der Waals surface area (Å²) in [6.45, 7) is 2.27. The Morgan fingerprint density at radius 3 is 2.44 bits per heavy atom. The maximum absolute atomic E-state index is 14.9. The highest BCUT2D eigenvalue weighted by Crippen LogP contribution is 2.43. The van der Waals surface area contributed by atoms with Crippen LogP contribution in [0.2, 0.25) is 0 Å². The second kappa shape index (κ2) is 12.4. The average molecular weight is 670 g/mol. The monoisotopic (exact) mass is 669 g/mol. The highest BCUT2D eigenvalue weighted by Gasteiger charge is 2.57. The van der Waals surface area contributed by atoms with Gasteiger partial charge in [0.15, 0.2) is 0 Å². The van der Waals surface area contributed by atoms with E-state index in [0.29, 0.717) is 10.9 Å². The van der Waals surface area contributed by atoms with Crippen LogP contribution in [0.5, 0.6) is 11.5 Å². The van der Waals surface area contributed by atoms with Gasteiger partial charge in [0.2, 0.25) is 11.5 Å². The Kier molecular flexibility index (Phi) is 8.56. The van der Waals surface area contributed by atoms with Crippen LogP contribution in [0.15, 0.2) is 48.7 Å². The topological polar surface area (TPSA) is 128 Å². The van der Waals surface area contributed by atoms with Gasteiger partial charge < -0.3 is 25.2 Å². The lowest BCUT2D eigenvalue weighted by molar-refractivity contribution is -0.265. The molecule has 2 heterocycles. The molecular weight excluding hydrogens is 634 g/mol. The molecule has 2 aliphatic carbocycles. The van der Waals surface area contributed by atoms with E-state index in [1.54, 1.807) is 17.8 Å². The third kappa shape index (κ3) is 6.66. The molecular formula is C34H35F4N5O5. The van der Waals surface area contributed by atoms with Gasteiger partial charge in [-0.3, -0.25) is 14.3 Å². The van der Waals surface area contributed by atoms with Gasteiger partial charge in [-0.05, 0) is 82.0 Å². The Morgan fingerprint density at radius 1 is 1.12 bits per heavy atom. The Morgan fingerprint density at radius 2 is 1.83 bits per heavy atom. The summed E-state index contributed by atoms with van der Waals surface area (Å²) in [5.41, 5.74) is -4.40. The van der Waals surface area contributed by atoms with E-state index in [1.807, 2.05) is 6.92 Å². The number of carbonyl (C=O) groups is 2. The fourth-order valence-electron chi connectivity index (χ4n) is 5.49. The molecule has 48 heavy (non-hydrogen) atoms. The number of rotatable bonds is 12. The van der Waals surface area contributed by atoms with E-state index in [0.717, 1.165) is 43.9 Å². The fourth-order valence-corrected chi connectivity index (χ4v) is 5.49. The van der Waals surface area contributed by atoms with Crippen LogP contribution >= 0.6 is 0 Å². The first kappa shape index (κ1) is 33.2. The Balaban J connectivity index is 1.38. The second-order valence-corrected chi connectivity index (χ2v) is 12.6. The van der Waals surface area contributed by atoms with Crippen LogP contribution in [0.4, 0.5) is 17.6 Å². The first-order chi connectivity index (χ1) is 22.7. The van der Waals surface area contributed by atoms with Crippen LogP contribution in [0.3, 0.4) is 0 Å². The number of nitrogens with zero attached hydrogens (tertiary/aromatic N) is 3. The van der Waals surface area contributed by atoms with Crippen molar-refractivity contribution in [3.8, 4) is 22.8 Å². The molecule has 2 aromatic carbocycles. The Hall–Kier alpha value is -4.72. The summed E-state index contributed by atoms with van der Waals surface area (Å²) in [6.07, 6.45) is -0.524. The van der Waals surface area contributed by atoms with Gasteiger partial charge in [0, 0.05) is 33.8 Å². The lowest BCUT2D eigenvalue weighted by Gasteiger charge is -2.31. The van der Waals surface area contributed by atoms with E-state index in [4.69, 9.17) is 9.47 Å². The number of methoxy groups -OCH3 is 1. The number of carbonyl (C=O) groups excluding carboxylic acids is 2. The summed E-state index contributed by atoms with van der Waals surface area (Å²) in [5, 5.41) is 21.6. The average Bonchev–Trinajstić information content (AvgIpc) is 3.97. The number of alkyl halides is 3. The van der Waals surface area contributed by atoms with E-state index in [1.165, 1.54) is 31.4 Å². The van der Waals surface area contributed by atoms with E-state index in [-0.39, 0.29) is 53.0 Å². The van der Waals surface area contributed by atoms with E-state index >= 15 is 0 Å². The quantitative estimate of drug-likeness (QED) is 0.173. The summed E-state index contributed by atoms with van der Waals surface area (Å²) in [7, 11) is 1.40. The zero-order chi connectivity index (χ0) is 34.4. The molecule has 0 spiro atoms. The minimum absolute atomic E-state index is 0.00296. The molecule has 1 atom stereocenters. The van der Waals surface area contributed by atoms with Gasteiger partial charge in [-0.15, -0.1) is 0 Å². The number of halogens is 4. The summed E-state index contributed by atoms with van der Waals surface area (Å²) in [6, 6.07) is 8.90. The predicted molar refractivity (Wildman–Crippen MR) is 167 cm³/mol. The molecule has 2 fully saturated rings. The molecule has 0 aliphatic heterocycles. The van der Waals surface area contributed by atoms with Crippen molar-refractivity contribution in [2.75, 3.05) is 20.3 Å². The van der Waals surface area contributed by atoms with Gasteiger partial charge in [-0.2, -0.15) is 18.3 Å². The Labute approximate surface area is 273 Å². The highest BCUT2D eigenvalue weighted by molar-refractivity contribution is 6.00. The molecule has 2 aliphatic rings. The first-order valence-corrected chi connectivity index (χ1v) is 15.6. The lowest BCUT2D eigenvalue weighted by Crippen LogP contribution is -2.51. The van der Waals surface area contributed by atoms with Gasteiger partial charge >= 0.3 is 6.18 Å². The molecule has 0 saturated heterocycles. The fraction of sp³-hybridized carbons (Fsp3) is 0.412. The van der Waals surface area contributed by atoms with E-state index < -0.39 is 47.2 Å². The maximum atomic E-state index is 14.9. The number of ether oxygens (including phenoxy) is 2. The molecule has 14 heteroatoms. The summed E-state index contributed by atoms with van der Waals surface area (Å²) >= 11 is 0. The third-order valence-electron chi connectivity index (χ3n) is 8.64. The number of nitrogens with one attached hydrogen (secondary N) is 2. The number of fused-ring (bicyclic) bond motifs is 1. The molecule has 254 valence electrons. The summed E-state index contributed by atoms with van der Waals surface area (Å²) in [4.78, 5) is 30.6. The normalized spacial score (nSPS) is 16.7. The maximum Gasteiger partial charge on any atom is 0.424 e. The molecule has 4 aromatic rings. The molecule has 0 bridgehead atoms. The van der Waals surface area contributed by atoms with Crippen molar-refractivity contribution in [1.29, 1.82) is 0 Å². The SMILES string of the molecule is CCOc1c(CC(=O)NC2(C)CC2)cc([C@@](O)(CNC(=O)c2cc(OC)c3nn(C4CC4)cc3c2)C(F)(F)F)nc1-c1ccc(F)cc1. The number of aromatic nitrogens is 3. The molecule has 2 aromatic heterocycles. The zero-order valence-corrected chi connectivity index (χ0v) is 26.6. The number of benzene rings is 2. The number of aliphatic hydroxyl groups is 1. The van der Waals surface area contributed by atoms with Crippen molar-refractivity contribution >= 4 is 22.7 Å². The number of hydrogen-bond donors (Lipinski definition) is 3. The van der Waals surface area contributed by atoms with Crippen molar-refractivity contribution in [3.63, 3.8) is 0 Å².